The van der Waals surface area contributed by atoms with Gasteiger partial charge in [0, 0.05) is 24.7 Å². The number of halogens is 1. The molecule has 0 bridgehead atoms. The van der Waals surface area contributed by atoms with E-state index in [-0.39, 0.29) is 17.7 Å². The number of piperidine rings is 1. The Balaban J connectivity index is 2.19. The van der Waals surface area contributed by atoms with E-state index in [1.807, 2.05) is 0 Å². The molecule has 0 saturated carbocycles. The lowest BCUT2D eigenvalue weighted by molar-refractivity contribution is -0.118. The van der Waals surface area contributed by atoms with E-state index < -0.39 is 6.10 Å². The maximum absolute atomic E-state index is 12.6. The zero-order valence-electron chi connectivity index (χ0n) is 12.8. The smallest absolute Gasteiger partial charge is 0.255 e. The molecule has 1 unspecified atom stereocenters. The second kappa shape index (κ2) is 7.11. The summed E-state index contributed by atoms with van der Waals surface area (Å²) in [4.78, 5) is 25.9. The molecule has 120 valence electrons. The molecule has 2 rings (SSSR count). The number of hydrogen-bond acceptors (Lipinski definition) is 3. The standard InChI is InChI=1S/C16H21ClN2O3/c1-10(2)15(21)18-11-5-6-14(17)13(8-11)16(22)19-7-3-4-12(20)9-19/h5-6,8,10,12,20H,3-4,7,9H2,1-2H3,(H,18,21). The average molecular weight is 325 g/mol. The Morgan fingerprint density at radius 2 is 2.14 bits per heavy atom. The number of carbonyl (C=O) groups excluding carboxylic acids is 2. The third-order valence-corrected chi connectivity index (χ3v) is 4.00. The number of likely N-dealkylation sites (tertiary alicyclic amines) is 1. The zero-order valence-corrected chi connectivity index (χ0v) is 13.6. The topological polar surface area (TPSA) is 69.6 Å². The Morgan fingerprint density at radius 3 is 2.77 bits per heavy atom. The largest absolute Gasteiger partial charge is 0.391 e. The van der Waals surface area contributed by atoms with Crippen molar-refractivity contribution in [3.8, 4) is 0 Å². The molecule has 5 nitrogen and oxygen atoms in total. The van der Waals surface area contributed by atoms with E-state index in [2.05, 4.69) is 5.32 Å². The molecule has 6 heteroatoms. The van der Waals surface area contributed by atoms with Crippen LogP contribution in [0.1, 0.15) is 37.0 Å². The van der Waals surface area contributed by atoms with Crippen LogP contribution in [-0.4, -0.2) is 41.0 Å². The molecule has 1 aromatic carbocycles. The zero-order chi connectivity index (χ0) is 16.3. The van der Waals surface area contributed by atoms with Crippen LogP contribution in [0.15, 0.2) is 18.2 Å². The van der Waals surface area contributed by atoms with Crippen molar-refractivity contribution in [3.63, 3.8) is 0 Å². The fourth-order valence-electron chi connectivity index (χ4n) is 2.36. The summed E-state index contributed by atoms with van der Waals surface area (Å²) in [6.45, 7) is 4.52. The third-order valence-electron chi connectivity index (χ3n) is 3.67. The summed E-state index contributed by atoms with van der Waals surface area (Å²) in [5.41, 5.74) is 0.890. The first-order valence-electron chi connectivity index (χ1n) is 7.46. The number of anilines is 1. The van der Waals surface area contributed by atoms with Gasteiger partial charge in [-0.2, -0.15) is 0 Å². The Morgan fingerprint density at radius 1 is 1.41 bits per heavy atom. The number of amides is 2. The Labute approximate surface area is 135 Å². The van der Waals surface area contributed by atoms with Crippen LogP contribution >= 0.6 is 11.6 Å². The van der Waals surface area contributed by atoms with Gasteiger partial charge in [-0.15, -0.1) is 0 Å². The minimum absolute atomic E-state index is 0.117. The van der Waals surface area contributed by atoms with Crippen molar-refractivity contribution in [2.75, 3.05) is 18.4 Å². The van der Waals surface area contributed by atoms with E-state index in [0.29, 0.717) is 35.8 Å². The summed E-state index contributed by atoms with van der Waals surface area (Å²) in [5.74, 6) is -0.481. The van der Waals surface area contributed by atoms with Gasteiger partial charge < -0.3 is 15.3 Å². The van der Waals surface area contributed by atoms with E-state index in [9.17, 15) is 14.7 Å². The summed E-state index contributed by atoms with van der Waals surface area (Å²) in [5, 5.41) is 12.8. The summed E-state index contributed by atoms with van der Waals surface area (Å²) >= 11 is 6.12. The number of carbonyl (C=O) groups is 2. The van der Waals surface area contributed by atoms with E-state index in [1.165, 1.54) is 0 Å². The van der Waals surface area contributed by atoms with Gasteiger partial charge in [-0.3, -0.25) is 9.59 Å². The Bertz CT molecular complexity index is 575. The molecule has 2 amide bonds. The molecule has 1 atom stereocenters. The summed E-state index contributed by atoms with van der Waals surface area (Å²) < 4.78 is 0. The average Bonchev–Trinajstić information content (AvgIpc) is 2.48. The lowest BCUT2D eigenvalue weighted by Gasteiger charge is -2.30. The SMILES string of the molecule is CC(C)C(=O)Nc1ccc(Cl)c(C(=O)N2CCCC(O)C2)c1. The highest BCUT2D eigenvalue weighted by atomic mass is 35.5. The molecule has 1 fully saturated rings. The maximum atomic E-state index is 12.6. The number of aliphatic hydroxyl groups is 1. The van der Waals surface area contributed by atoms with Crippen molar-refractivity contribution >= 4 is 29.1 Å². The van der Waals surface area contributed by atoms with Gasteiger partial charge in [0.25, 0.3) is 5.91 Å². The summed E-state index contributed by atoms with van der Waals surface area (Å²) in [6, 6.07) is 4.86. The number of β-amino-alcohol motifs (C(OH)–C–C–N with tert-alkyl or cyclic N) is 1. The molecular weight excluding hydrogens is 304 g/mol. The minimum Gasteiger partial charge on any atom is -0.391 e. The van der Waals surface area contributed by atoms with Crippen molar-refractivity contribution in [3.05, 3.63) is 28.8 Å². The number of nitrogens with zero attached hydrogens (tertiary/aromatic N) is 1. The van der Waals surface area contributed by atoms with Crippen LogP contribution in [0.2, 0.25) is 5.02 Å². The van der Waals surface area contributed by atoms with Gasteiger partial charge in [0.05, 0.1) is 16.7 Å². The molecule has 1 heterocycles. The van der Waals surface area contributed by atoms with Gasteiger partial charge in [-0.05, 0) is 31.0 Å². The lowest BCUT2D eigenvalue weighted by atomic mass is 10.1. The van der Waals surface area contributed by atoms with Crippen molar-refractivity contribution < 1.29 is 14.7 Å². The first-order chi connectivity index (χ1) is 10.4. The molecule has 0 aliphatic carbocycles. The Hall–Kier alpha value is -1.59. The van der Waals surface area contributed by atoms with Crippen LogP contribution in [0, 0.1) is 5.92 Å². The molecule has 0 aromatic heterocycles. The van der Waals surface area contributed by atoms with Crippen LogP contribution in [0.25, 0.3) is 0 Å². The van der Waals surface area contributed by atoms with E-state index in [4.69, 9.17) is 11.6 Å². The highest BCUT2D eigenvalue weighted by Crippen LogP contribution is 2.24. The van der Waals surface area contributed by atoms with Crippen LogP contribution < -0.4 is 5.32 Å². The molecule has 2 N–H and O–H groups in total. The lowest BCUT2D eigenvalue weighted by Crippen LogP contribution is -2.42. The fraction of sp³-hybridized carbons (Fsp3) is 0.500. The van der Waals surface area contributed by atoms with Gasteiger partial charge in [0.1, 0.15) is 0 Å². The molecule has 1 saturated heterocycles. The van der Waals surface area contributed by atoms with E-state index in [0.717, 1.165) is 6.42 Å². The van der Waals surface area contributed by atoms with Crippen LogP contribution in [0.4, 0.5) is 5.69 Å². The van der Waals surface area contributed by atoms with Gasteiger partial charge in [-0.1, -0.05) is 25.4 Å². The molecule has 0 radical (unpaired) electrons. The highest BCUT2D eigenvalue weighted by molar-refractivity contribution is 6.34. The van der Waals surface area contributed by atoms with Crippen molar-refractivity contribution in [1.82, 2.24) is 4.90 Å². The monoisotopic (exact) mass is 324 g/mol. The van der Waals surface area contributed by atoms with Crippen molar-refractivity contribution in [2.24, 2.45) is 5.92 Å². The number of hydrogen-bond donors (Lipinski definition) is 2. The third kappa shape index (κ3) is 3.99. The summed E-state index contributed by atoms with van der Waals surface area (Å²) in [7, 11) is 0. The highest BCUT2D eigenvalue weighted by Gasteiger charge is 2.24. The molecule has 1 aliphatic rings. The van der Waals surface area contributed by atoms with Gasteiger partial charge in [-0.25, -0.2) is 0 Å². The van der Waals surface area contributed by atoms with E-state index in [1.54, 1.807) is 36.9 Å². The Kier molecular flexibility index (Phi) is 5.42. The number of benzene rings is 1. The van der Waals surface area contributed by atoms with E-state index >= 15 is 0 Å². The normalized spacial score (nSPS) is 18.4. The second-order valence-corrected chi connectivity index (χ2v) is 6.29. The van der Waals surface area contributed by atoms with Crippen molar-refractivity contribution in [1.29, 1.82) is 0 Å². The first-order valence-corrected chi connectivity index (χ1v) is 7.84. The van der Waals surface area contributed by atoms with Crippen LogP contribution in [-0.2, 0) is 4.79 Å². The molecule has 1 aliphatic heterocycles. The number of aliphatic hydroxyl groups excluding tert-OH is 1. The first kappa shape index (κ1) is 16.8. The van der Waals surface area contributed by atoms with Crippen molar-refractivity contribution in [2.45, 2.75) is 32.8 Å². The quantitative estimate of drug-likeness (QED) is 0.897. The number of nitrogens with one attached hydrogen (secondary N) is 1. The van der Waals surface area contributed by atoms with Gasteiger partial charge in [0.2, 0.25) is 5.91 Å². The maximum Gasteiger partial charge on any atom is 0.255 e. The molecule has 0 spiro atoms. The molecule has 22 heavy (non-hydrogen) atoms. The fourth-order valence-corrected chi connectivity index (χ4v) is 2.56. The van der Waals surface area contributed by atoms with Crippen LogP contribution in [0.5, 0.6) is 0 Å². The predicted molar refractivity (Wildman–Crippen MR) is 86.1 cm³/mol. The van der Waals surface area contributed by atoms with Gasteiger partial charge >= 0.3 is 0 Å². The number of rotatable bonds is 3. The predicted octanol–water partition coefficient (Wildman–Crippen LogP) is 2.53. The summed E-state index contributed by atoms with van der Waals surface area (Å²) in [6.07, 6.45) is 0.997. The van der Waals surface area contributed by atoms with Crippen LogP contribution in [0.3, 0.4) is 0 Å². The van der Waals surface area contributed by atoms with Gasteiger partial charge in [0.15, 0.2) is 0 Å². The second-order valence-electron chi connectivity index (χ2n) is 5.89. The molecule has 1 aromatic rings. The molecular formula is C16H21ClN2O3. The minimum atomic E-state index is -0.486.